The highest BCUT2D eigenvalue weighted by atomic mass is 32.2. The van der Waals surface area contributed by atoms with Gasteiger partial charge in [-0.2, -0.15) is 0 Å². The maximum atomic E-state index is 12.4. The van der Waals surface area contributed by atoms with E-state index < -0.39 is 21.9 Å². The Bertz CT molecular complexity index is 753. The van der Waals surface area contributed by atoms with Crippen molar-refractivity contribution >= 4 is 27.6 Å². The standard InChI is InChI=1S/C19H28N2O5S/c1-3-4-13-27(25,26)21-11-9-16(10-12-21)18(22)20-17-7-5-15(6-8-17)14(2)19(23)24/h5-8,14,16H,3-4,9-13H2,1-2H3,(H,20,22)(H,23,24). The van der Waals surface area contributed by atoms with Crippen molar-refractivity contribution in [2.75, 3.05) is 24.2 Å². The van der Waals surface area contributed by atoms with Gasteiger partial charge in [-0.05, 0) is 43.9 Å². The molecule has 1 aliphatic rings. The third-order valence-corrected chi connectivity index (χ3v) is 6.98. The Morgan fingerprint density at radius 2 is 1.81 bits per heavy atom. The van der Waals surface area contributed by atoms with Crippen LogP contribution in [-0.2, 0) is 19.6 Å². The van der Waals surface area contributed by atoms with Crippen molar-refractivity contribution in [2.45, 2.75) is 45.4 Å². The monoisotopic (exact) mass is 396 g/mol. The van der Waals surface area contributed by atoms with Crippen LogP contribution in [0.25, 0.3) is 0 Å². The maximum absolute atomic E-state index is 12.4. The largest absolute Gasteiger partial charge is 0.481 e. The van der Waals surface area contributed by atoms with E-state index in [1.165, 1.54) is 4.31 Å². The van der Waals surface area contributed by atoms with E-state index in [1.54, 1.807) is 31.2 Å². The fraction of sp³-hybridized carbons (Fsp3) is 0.579. The molecule has 1 aromatic rings. The molecule has 1 fully saturated rings. The summed E-state index contributed by atoms with van der Waals surface area (Å²) in [6, 6.07) is 6.77. The van der Waals surface area contributed by atoms with Crippen LogP contribution in [0.5, 0.6) is 0 Å². The third kappa shape index (κ3) is 5.77. The van der Waals surface area contributed by atoms with E-state index in [4.69, 9.17) is 5.11 Å². The van der Waals surface area contributed by atoms with Gasteiger partial charge in [-0.25, -0.2) is 12.7 Å². The molecule has 0 spiro atoms. The molecule has 2 rings (SSSR count). The Morgan fingerprint density at radius 3 is 2.33 bits per heavy atom. The van der Waals surface area contributed by atoms with Crippen molar-refractivity contribution < 1.29 is 23.1 Å². The van der Waals surface area contributed by atoms with Crippen LogP contribution >= 0.6 is 0 Å². The van der Waals surface area contributed by atoms with Crippen LogP contribution in [0.3, 0.4) is 0 Å². The van der Waals surface area contributed by atoms with Gasteiger partial charge in [0.05, 0.1) is 11.7 Å². The van der Waals surface area contributed by atoms with Gasteiger partial charge in [0.1, 0.15) is 0 Å². The van der Waals surface area contributed by atoms with Gasteiger partial charge in [-0.15, -0.1) is 0 Å². The molecule has 1 amide bonds. The van der Waals surface area contributed by atoms with E-state index in [0.717, 1.165) is 6.42 Å². The molecule has 1 aromatic carbocycles. The number of unbranched alkanes of at least 4 members (excludes halogenated alkanes) is 1. The number of carboxylic acid groups (broad SMARTS) is 1. The summed E-state index contributed by atoms with van der Waals surface area (Å²) < 4.78 is 26.0. The molecule has 0 bridgehead atoms. The van der Waals surface area contributed by atoms with Crippen LogP contribution < -0.4 is 5.32 Å². The number of rotatable bonds is 8. The molecule has 7 nitrogen and oxygen atoms in total. The number of amides is 1. The van der Waals surface area contributed by atoms with E-state index in [0.29, 0.717) is 43.6 Å². The number of piperidine rings is 1. The van der Waals surface area contributed by atoms with Crippen LogP contribution in [0.2, 0.25) is 0 Å². The van der Waals surface area contributed by atoms with Crippen LogP contribution in [0.4, 0.5) is 5.69 Å². The van der Waals surface area contributed by atoms with Crippen LogP contribution in [-0.4, -0.2) is 48.5 Å². The lowest BCUT2D eigenvalue weighted by molar-refractivity contribution is -0.138. The molecule has 1 saturated heterocycles. The lowest BCUT2D eigenvalue weighted by atomic mass is 9.97. The SMILES string of the molecule is CCCCS(=O)(=O)N1CCC(C(=O)Nc2ccc(C(C)C(=O)O)cc2)CC1. The first kappa shape index (κ1) is 21.4. The van der Waals surface area contributed by atoms with Crippen molar-refractivity contribution in [1.29, 1.82) is 0 Å². The number of sulfonamides is 1. The maximum Gasteiger partial charge on any atom is 0.310 e. The van der Waals surface area contributed by atoms with Crippen molar-refractivity contribution in [3.05, 3.63) is 29.8 Å². The first-order valence-corrected chi connectivity index (χ1v) is 11.0. The fourth-order valence-corrected chi connectivity index (χ4v) is 4.77. The molecule has 1 aliphatic heterocycles. The van der Waals surface area contributed by atoms with E-state index in [1.807, 2.05) is 6.92 Å². The molecule has 1 unspecified atom stereocenters. The van der Waals surface area contributed by atoms with Gasteiger partial charge >= 0.3 is 5.97 Å². The molecule has 0 saturated carbocycles. The molecule has 0 radical (unpaired) electrons. The topological polar surface area (TPSA) is 104 Å². The zero-order valence-electron chi connectivity index (χ0n) is 15.8. The van der Waals surface area contributed by atoms with E-state index in [2.05, 4.69) is 5.32 Å². The fourth-order valence-electron chi connectivity index (χ4n) is 3.09. The number of carbonyl (C=O) groups excluding carboxylic acids is 1. The van der Waals surface area contributed by atoms with Crippen LogP contribution in [0, 0.1) is 5.92 Å². The summed E-state index contributed by atoms with van der Waals surface area (Å²) in [6.45, 7) is 4.32. The Labute approximate surface area is 160 Å². The minimum Gasteiger partial charge on any atom is -0.481 e. The Kier molecular flexibility index (Phi) is 7.38. The predicted molar refractivity (Wildman–Crippen MR) is 104 cm³/mol. The Morgan fingerprint density at radius 1 is 1.22 bits per heavy atom. The zero-order valence-corrected chi connectivity index (χ0v) is 16.7. The number of hydrogen-bond acceptors (Lipinski definition) is 4. The molecule has 0 aromatic heterocycles. The summed E-state index contributed by atoms with van der Waals surface area (Å²) in [5, 5.41) is 11.9. The highest BCUT2D eigenvalue weighted by molar-refractivity contribution is 7.89. The molecule has 2 N–H and O–H groups in total. The number of aliphatic carboxylic acids is 1. The smallest absolute Gasteiger partial charge is 0.310 e. The van der Waals surface area contributed by atoms with Crippen LogP contribution in [0.15, 0.2) is 24.3 Å². The normalized spacial score (nSPS) is 17.4. The first-order valence-electron chi connectivity index (χ1n) is 9.36. The summed E-state index contributed by atoms with van der Waals surface area (Å²) in [7, 11) is -3.22. The van der Waals surface area contributed by atoms with Gasteiger partial charge in [0.25, 0.3) is 0 Å². The molecule has 27 heavy (non-hydrogen) atoms. The number of anilines is 1. The Balaban J connectivity index is 1.88. The van der Waals surface area contributed by atoms with Gasteiger partial charge in [-0.1, -0.05) is 25.5 Å². The van der Waals surface area contributed by atoms with E-state index >= 15 is 0 Å². The number of carboxylic acids is 1. The quantitative estimate of drug-likeness (QED) is 0.703. The lowest BCUT2D eigenvalue weighted by Crippen LogP contribution is -2.42. The van der Waals surface area contributed by atoms with Gasteiger partial charge < -0.3 is 10.4 Å². The number of nitrogens with one attached hydrogen (secondary N) is 1. The van der Waals surface area contributed by atoms with Crippen molar-refractivity contribution in [1.82, 2.24) is 4.31 Å². The zero-order chi connectivity index (χ0) is 20.0. The summed E-state index contributed by atoms with van der Waals surface area (Å²) in [5.74, 6) is -1.68. The van der Waals surface area contributed by atoms with Gasteiger partial charge in [0.15, 0.2) is 0 Å². The summed E-state index contributed by atoms with van der Waals surface area (Å²) in [4.78, 5) is 23.5. The second-order valence-corrected chi connectivity index (χ2v) is 9.10. The minimum absolute atomic E-state index is 0.125. The average molecular weight is 397 g/mol. The molecule has 150 valence electrons. The number of carbonyl (C=O) groups is 2. The molecule has 1 heterocycles. The second kappa shape index (κ2) is 9.32. The summed E-state index contributed by atoms with van der Waals surface area (Å²) in [6.07, 6.45) is 2.50. The molecular formula is C19H28N2O5S. The molecule has 0 aliphatic carbocycles. The summed E-state index contributed by atoms with van der Waals surface area (Å²) >= 11 is 0. The van der Waals surface area contributed by atoms with E-state index in [-0.39, 0.29) is 17.6 Å². The molecule has 8 heteroatoms. The highest BCUT2D eigenvalue weighted by Crippen LogP contribution is 2.23. The predicted octanol–water partition coefficient (Wildman–Crippen LogP) is 2.66. The van der Waals surface area contributed by atoms with Gasteiger partial charge in [-0.3, -0.25) is 9.59 Å². The van der Waals surface area contributed by atoms with Gasteiger partial charge in [0, 0.05) is 24.7 Å². The van der Waals surface area contributed by atoms with Crippen molar-refractivity contribution in [3.63, 3.8) is 0 Å². The first-order chi connectivity index (χ1) is 12.7. The highest BCUT2D eigenvalue weighted by Gasteiger charge is 2.30. The van der Waals surface area contributed by atoms with Crippen LogP contribution in [0.1, 0.15) is 51.0 Å². The number of nitrogens with zero attached hydrogens (tertiary/aromatic N) is 1. The minimum atomic E-state index is -3.22. The third-order valence-electron chi connectivity index (χ3n) is 5.02. The summed E-state index contributed by atoms with van der Waals surface area (Å²) in [5.41, 5.74) is 1.28. The van der Waals surface area contributed by atoms with E-state index in [9.17, 15) is 18.0 Å². The van der Waals surface area contributed by atoms with Crippen molar-refractivity contribution in [2.24, 2.45) is 5.92 Å². The molecule has 1 atom stereocenters. The Hall–Kier alpha value is -1.93. The average Bonchev–Trinajstić information content (AvgIpc) is 2.66. The van der Waals surface area contributed by atoms with Gasteiger partial charge in [0.2, 0.25) is 15.9 Å². The number of benzene rings is 1. The second-order valence-electron chi connectivity index (χ2n) is 7.01. The lowest BCUT2D eigenvalue weighted by Gasteiger charge is -2.30. The van der Waals surface area contributed by atoms with Crippen molar-refractivity contribution in [3.8, 4) is 0 Å². The molecular weight excluding hydrogens is 368 g/mol. The number of hydrogen-bond donors (Lipinski definition) is 2.